The van der Waals surface area contributed by atoms with Crippen LogP contribution in [0, 0.1) is 0 Å². The minimum atomic E-state index is 0. The topological polar surface area (TPSA) is 33.4 Å². The summed E-state index contributed by atoms with van der Waals surface area (Å²) in [5.41, 5.74) is 0. The third kappa shape index (κ3) is 6.38. The summed E-state index contributed by atoms with van der Waals surface area (Å²) in [5.74, 6) is 0.0283. The number of amides is 1. The molecule has 0 atom stereocenters. The summed E-state index contributed by atoms with van der Waals surface area (Å²) >= 11 is 0. The Morgan fingerprint density at radius 1 is 1.24 bits per heavy atom. The summed E-state index contributed by atoms with van der Waals surface area (Å²) in [4.78, 5) is 16.2. The lowest BCUT2D eigenvalue weighted by atomic mass is 10.2. The Labute approximate surface area is 113 Å². The van der Waals surface area contributed by atoms with E-state index in [-0.39, 0.29) is 22.9 Å². The third-order valence-corrected chi connectivity index (χ3v) is 2.46. The highest BCUT2D eigenvalue weighted by molar-refractivity contribution is 5.74. The quantitative estimate of drug-likeness (QED) is 0.352. The van der Waals surface area contributed by atoms with Crippen molar-refractivity contribution in [3.05, 3.63) is 30.6 Å². The molecule has 0 saturated carbocycles. The van der Waals surface area contributed by atoms with Gasteiger partial charge in [0, 0.05) is 32.0 Å². The number of carbonyl (C=O) groups is 1. The van der Waals surface area contributed by atoms with Crippen LogP contribution in [-0.2, 0) is 16.2 Å². The fraction of sp³-hybridized carbons (Fsp3) is 0.500. The first-order valence-electron chi connectivity index (χ1n) is 5.49. The van der Waals surface area contributed by atoms with E-state index in [4.69, 9.17) is 4.84 Å². The van der Waals surface area contributed by atoms with Crippen LogP contribution in [0.2, 0.25) is 0 Å². The van der Waals surface area contributed by atoms with Gasteiger partial charge in [-0.15, -0.1) is 0 Å². The Morgan fingerprint density at radius 3 is 2.47 bits per heavy atom. The van der Waals surface area contributed by atoms with E-state index in [1.54, 1.807) is 7.05 Å². The number of hydrogen-bond acceptors (Lipinski definition) is 2. The van der Waals surface area contributed by atoms with Gasteiger partial charge in [-0.3, -0.25) is 9.63 Å². The Balaban J connectivity index is 0.00000256. The van der Waals surface area contributed by atoms with Gasteiger partial charge >= 0.3 is 0 Å². The van der Waals surface area contributed by atoms with Crippen LogP contribution in [-0.4, -0.2) is 25.1 Å². The van der Waals surface area contributed by atoms with Crippen molar-refractivity contribution in [1.29, 1.82) is 0 Å². The van der Waals surface area contributed by atoms with Crippen LogP contribution in [0.25, 0.3) is 0 Å². The molecular weight excluding hydrogens is 284 g/mol. The lowest BCUT2D eigenvalue weighted by Crippen LogP contribution is -3.00. The zero-order chi connectivity index (χ0) is 11.8. The van der Waals surface area contributed by atoms with Crippen molar-refractivity contribution in [2.24, 2.45) is 0 Å². The molecule has 1 amide bonds. The molecule has 0 radical (unpaired) electrons. The molecule has 0 aliphatic rings. The monoisotopic (exact) mass is 302 g/mol. The molecule has 0 fully saturated rings. The summed E-state index contributed by atoms with van der Waals surface area (Å²) < 4.78 is 2.12. The third-order valence-electron chi connectivity index (χ3n) is 2.46. The van der Waals surface area contributed by atoms with Gasteiger partial charge in [0.15, 0.2) is 12.4 Å². The second-order valence-corrected chi connectivity index (χ2v) is 3.64. The molecule has 0 aromatic carbocycles. The van der Waals surface area contributed by atoms with Crippen LogP contribution in [0.4, 0.5) is 0 Å². The number of hydroxylamine groups is 2. The van der Waals surface area contributed by atoms with Crippen LogP contribution in [0.15, 0.2) is 30.6 Å². The highest BCUT2D eigenvalue weighted by atomic mass is 79.9. The summed E-state index contributed by atoms with van der Waals surface area (Å²) in [5, 5.41) is 1.27. The Morgan fingerprint density at radius 2 is 1.88 bits per heavy atom. The molecule has 96 valence electrons. The first-order valence-corrected chi connectivity index (χ1v) is 5.49. The van der Waals surface area contributed by atoms with Gasteiger partial charge in [-0.2, -0.15) is 0 Å². The Kier molecular flexibility index (Phi) is 8.62. The van der Waals surface area contributed by atoms with E-state index in [1.165, 1.54) is 12.2 Å². The molecule has 4 nitrogen and oxygen atoms in total. The fourth-order valence-electron chi connectivity index (χ4n) is 1.41. The van der Waals surface area contributed by atoms with Crippen molar-refractivity contribution in [2.45, 2.75) is 25.8 Å². The van der Waals surface area contributed by atoms with E-state index in [2.05, 4.69) is 4.57 Å². The second-order valence-electron chi connectivity index (χ2n) is 3.64. The maximum absolute atomic E-state index is 11.4. The van der Waals surface area contributed by atoms with E-state index in [1.807, 2.05) is 30.6 Å². The SMILES string of the molecule is CON(C)C(=O)CCCC[n+]1ccccc1.[Br-]. The lowest BCUT2D eigenvalue weighted by molar-refractivity contribution is -0.697. The van der Waals surface area contributed by atoms with Gasteiger partial charge in [-0.1, -0.05) is 6.07 Å². The van der Waals surface area contributed by atoms with Gasteiger partial charge in [0.2, 0.25) is 5.91 Å². The molecule has 1 aromatic heterocycles. The van der Waals surface area contributed by atoms with Gasteiger partial charge in [0.05, 0.1) is 7.11 Å². The molecule has 0 N–H and O–H groups in total. The number of halogens is 1. The minimum absolute atomic E-state index is 0. The predicted molar refractivity (Wildman–Crippen MR) is 60.3 cm³/mol. The van der Waals surface area contributed by atoms with Gasteiger partial charge in [0.25, 0.3) is 0 Å². The summed E-state index contributed by atoms with van der Waals surface area (Å²) in [6, 6.07) is 6.00. The van der Waals surface area contributed by atoms with Crippen molar-refractivity contribution in [3.63, 3.8) is 0 Å². The molecule has 1 rings (SSSR count). The van der Waals surface area contributed by atoms with Gasteiger partial charge < -0.3 is 17.0 Å². The normalized spacial score (nSPS) is 9.53. The molecule has 17 heavy (non-hydrogen) atoms. The number of nitrogens with zero attached hydrogens (tertiary/aromatic N) is 2. The van der Waals surface area contributed by atoms with Crippen LogP contribution >= 0.6 is 0 Å². The molecule has 5 heteroatoms. The smallest absolute Gasteiger partial charge is 0.245 e. The summed E-state index contributed by atoms with van der Waals surface area (Å²) in [6.45, 7) is 0.949. The van der Waals surface area contributed by atoms with Crippen molar-refractivity contribution < 1.29 is 31.2 Å². The first kappa shape index (κ1) is 16.1. The van der Waals surface area contributed by atoms with E-state index in [0.29, 0.717) is 6.42 Å². The Hall–Kier alpha value is -0.940. The lowest BCUT2D eigenvalue weighted by Gasteiger charge is -2.12. The maximum atomic E-state index is 11.4. The second kappa shape index (κ2) is 9.13. The molecule has 0 saturated heterocycles. The highest BCUT2D eigenvalue weighted by Gasteiger charge is 2.07. The zero-order valence-electron chi connectivity index (χ0n) is 10.3. The molecule has 0 unspecified atom stereocenters. The number of hydrogen-bond donors (Lipinski definition) is 0. The van der Waals surface area contributed by atoms with Crippen molar-refractivity contribution in [2.75, 3.05) is 14.2 Å². The van der Waals surface area contributed by atoms with Crippen molar-refractivity contribution in [3.8, 4) is 0 Å². The number of aromatic nitrogens is 1. The fourth-order valence-corrected chi connectivity index (χ4v) is 1.41. The maximum Gasteiger partial charge on any atom is 0.245 e. The molecule has 1 heterocycles. The first-order chi connectivity index (χ1) is 7.74. The predicted octanol–water partition coefficient (Wildman–Crippen LogP) is -1.83. The zero-order valence-corrected chi connectivity index (χ0v) is 11.9. The van der Waals surface area contributed by atoms with E-state index < -0.39 is 0 Å². The van der Waals surface area contributed by atoms with Gasteiger partial charge in [0.1, 0.15) is 6.54 Å². The highest BCUT2D eigenvalue weighted by Crippen LogP contribution is 1.99. The minimum Gasteiger partial charge on any atom is -1.00 e. The molecule has 0 bridgehead atoms. The molecule has 0 spiro atoms. The van der Waals surface area contributed by atoms with Crippen molar-refractivity contribution in [1.82, 2.24) is 5.06 Å². The average molecular weight is 303 g/mol. The van der Waals surface area contributed by atoms with Gasteiger partial charge in [-0.25, -0.2) is 9.63 Å². The number of aryl methyl sites for hydroxylation is 1. The molecular formula is C12H19BrN2O2. The van der Waals surface area contributed by atoms with Gasteiger partial charge in [-0.05, 0) is 6.42 Å². The van der Waals surface area contributed by atoms with Crippen LogP contribution in [0.1, 0.15) is 19.3 Å². The molecule has 0 aliphatic carbocycles. The van der Waals surface area contributed by atoms with Crippen LogP contribution in [0.3, 0.4) is 0 Å². The van der Waals surface area contributed by atoms with E-state index >= 15 is 0 Å². The van der Waals surface area contributed by atoms with Crippen LogP contribution < -0.4 is 21.5 Å². The standard InChI is InChI=1S/C12H19N2O2.BrH/c1-13(16-2)12(15)8-4-7-11-14-9-5-3-6-10-14;/h3,5-6,9-10H,4,7-8,11H2,1-2H3;1H/q+1;/p-1. The summed E-state index contributed by atoms with van der Waals surface area (Å²) in [6.07, 6.45) is 6.48. The number of pyridine rings is 1. The van der Waals surface area contributed by atoms with Crippen LogP contribution in [0.5, 0.6) is 0 Å². The molecule has 1 aromatic rings. The average Bonchev–Trinajstić information content (AvgIpc) is 2.34. The van der Waals surface area contributed by atoms with E-state index in [9.17, 15) is 4.79 Å². The largest absolute Gasteiger partial charge is 1.00 e. The summed E-state index contributed by atoms with van der Waals surface area (Å²) in [7, 11) is 3.13. The van der Waals surface area contributed by atoms with Crippen molar-refractivity contribution >= 4 is 5.91 Å². The number of carbonyl (C=O) groups excluding carboxylic acids is 1. The number of unbranched alkanes of at least 4 members (excludes halogenated alkanes) is 1. The molecule has 0 aliphatic heterocycles. The van der Waals surface area contributed by atoms with E-state index in [0.717, 1.165) is 19.4 Å². The number of rotatable bonds is 6. The Bertz CT molecular complexity index is 320.